The first-order valence-corrected chi connectivity index (χ1v) is 6.81. The summed E-state index contributed by atoms with van der Waals surface area (Å²) < 4.78 is 20.7. The van der Waals surface area contributed by atoms with Gasteiger partial charge in [0.15, 0.2) is 11.9 Å². The van der Waals surface area contributed by atoms with Crippen molar-refractivity contribution in [3.8, 4) is 0 Å². The topological polar surface area (TPSA) is 105 Å². The van der Waals surface area contributed by atoms with Crippen LogP contribution in [0.5, 0.6) is 0 Å². The lowest BCUT2D eigenvalue weighted by atomic mass is 9.88. The molecule has 0 radical (unpaired) electrons. The smallest absolute Gasteiger partial charge is 0.305 e. The van der Waals surface area contributed by atoms with Crippen molar-refractivity contribution in [3.05, 3.63) is 0 Å². The number of hydrogen-bond donors (Lipinski definition) is 0. The fourth-order valence-corrected chi connectivity index (χ4v) is 2.38. The Morgan fingerprint density at radius 3 is 1.64 bits per heavy atom. The summed E-state index contributed by atoms with van der Waals surface area (Å²) in [4.78, 5) is 45.5. The van der Waals surface area contributed by atoms with Gasteiger partial charge in [0.25, 0.3) is 0 Å². The Kier molecular flexibility index (Phi) is 6.04. The Morgan fingerprint density at radius 2 is 1.23 bits per heavy atom. The maximum Gasteiger partial charge on any atom is 0.305 e. The third-order valence-corrected chi connectivity index (χ3v) is 3.16. The average molecular weight is 316 g/mol. The molecule has 1 aliphatic heterocycles. The second-order valence-corrected chi connectivity index (χ2v) is 5.15. The third kappa shape index (κ3) is 4.52. The van der Waals surface area contributed by atoms with Gasteiger partial charge in [0.05, 0.1) is 0 Å². The van der Waals surface area contributed by atoms with E-state index in [4.69, 9.17) is 18.9 Å². The van der Waals surface area contributed by atoms with Crippen LogP contribution in [0.3, 0.4) is 0 Å². The highest BCUT2D eigenvalue weighted by molar-refractivity contribution is 5.81. The molecule has 1 fully saturated rings. The van der Waals surface area contributed by atoms with Crippen LogP contribution in [-0.2, 0) is 38.1 Å². The van der Waals surface area contributed by atoms with Crippen molar-refractivity contribution in [1.82, 2.24) is 0 Å². The molecular formula is C14H20O8. The van der Waals surface area contributed by atoms with Gasteiger partial charge in [-0.1, -0.05) is 6.92 Å². The maximum absolute atomic E-state index is 11.7. The van der Waals surface area contributed by atoms with Crippen LogP contribution >= 0.6 is 0 Å². The zero-order chi connectivity index (χ0) is 17.0. The van der Waals surface area contributed by atoms with E-state index in [1.165, 1.54) is 13.8 Å². The molecule has 5 atom stereocenters. The molecule has 8 nitrogen and oxygen atoms in total. The molecule has 124 valence electrons. The van der Waals surface area contributed by atoms with Crippen LogP contribution in [0.2, 0.25) is 0 Å². The molecule has 0 aromatic rings. The van der Waals surface area contributed by atoms with E-state index in [-0.39, 0.29) is 5.78 Å². The highest BCUT2D eigenvalue weighted by atomic mass is 16.7. The van der Waals surface area contributed by atoms with Gasteiger partial charge in [0.2, 0.25) is 12.4 Å². The molecule has 0 aliphatic carbocycles. The minimum Gasteiger partial charge on any atom is -0.458 e. The second-order valence-electron chi connectivity index (χ2n) is 5.15. The number of carbonyl (C=O) groups is 4. The molecule has 0 N–H and O–H groups in total. The molecule has 8 heteroatoms. The van der Waals surface area contributed by atoms with Crippen LogP contribution in [0.25, 0.3) is 0 Å². The lowest BCUT2D eigenvalue weighted by Crippen LogP contribution is -2.59. The van der Waals surface area contributed by atoms with E-state index in [2.05, 4.69) is 0 Å². The first-order chi connectivity index (χ1) is 10.1. The van der Waals surface area contributed by atoms with Crippen molar-refractivity contribution >= 4 is 23.7 Å². The van der Waals surface area contributed by atoms with Gasteiger partial charge in [-0.15, -0.1) is 0 Å². The quantitative estimate of drug-likeness (QED) is 0.541. The van der Waals surface area contributed by atoms with Crippen LogP contribution in [-0.4, -0.2) is 48.3 Å². The predicted molar refractivity (Wildman–Crippen MR) is 71.4 cm³/mol. The monoisotopic (exact) mass is 316 g/mol. The molecule has 1 heterocycles. The largest absolute Gasteiger partial charge is 0.458 e. The first-order valence-electron chi connectivity index (χ1n) is 6.81. The van der Waals surface area contributed by atoms with Gasteiger partial charge in [-0.3, -0.25) is 19.2 Å². The zero-order valence-corrected chi connectivity index (χ0v) is 13.2. The summed E-state index contributed by atoms with van der Waals surface area (Å²) in [5.41, 5.74) is 0. The highest BCUT2D eigenvalue weighted by Gasteiger charge is 2.50. The first kappa shape index (κ1) is 18.1. The Balaban J connectivity index is 3.15. The zero-order valence-electron chi connectivity index (χ0n) is 13.2. The molecular weight excluding hydrogens is 296 g/mol. The fraction of sp³-hybridized carbons (Fsp3) is 0.714. The van der Waals surface area contributed by atoms with E-state index in [0.717, 1.165) is 13.8 Å². The fourth-order valence-electron chi connectivity index (χ4n) is 2.38. The predicted octanol–water partition coefficient (Wildman–Crippen LogP) is 0.363. The molecule has 0 unspecified atom stereocenters. The number of Topliss-reactive ketones (excluding diaryl/α,β-unsaturated/α-hetero) is 1. The molecule has 0 amide bonds. The van der Waals surface area contributed by atoms with Crippen LogP contribution in [0.4, 0.5) is 0 Å². The van der Waals surface area contributed by atoms with Crippen LogP contribution in [0, 0.1) is 5.92 Å². The van der Waals surface area contributed by atoms with E-state index in [9.17, 15) is 19.2 Å². The van der Waals surface area contributed by atoms with E-state index in [0.29, 0.717) is 0 Å². The van der Waals surface area contributed by atoms with Crippen LogP contribution in [0.1, 0.15) is 34.6 Å². The number of hydrogen-bond acceptors (Lipinski definition) is 8. The van der Waals surface area contributed by atoms with Gasteiger partial charge in [0.1, 0.15) is 6.10 Å². The van der Waals surface area contributed by atoms with E-state index in [1.54, 1.807) is 6.92 Å². The van der Waals surface area contributed by atoms with Gasteiger partial charge in [-0.05, 0) is 6.92 Å². The van der Waals surface area contributed by atoms with Crippen molar-refractivity contribution in [1.29, 1.82) is 0 Å². The average Bonchev–Trinajstić information content (AvgIpc) is 2.35. The lowest BCUT2D eigenvalue weighted by molar-refractivity contribution is -0.276. The SMILES string of the molecule is CC(=O)O[C@@H]1O[C@H](C(C)=O)[C@@H](C)[C@H](OC(C)=O)[C@H]1OC(C)=O. The highest BCUT2D eigenvalue weighted by Crippen LogP contribution is 2.31. The molecule has 1 aliphatic rings. The number of ketones is 1. The summed E-state index contributed by atoms with van der Waals surface area (Å²) in [6, 6.07) is 0. The minimum absolute atomic E-state index is 0.317. The molecule has 1 rings (SSSR count). The molecule has 1 saturated heterocycles. The molecule has 0 saturated carbocycles. The van der Waals surface area contributed by atoms with Gasteiger partial charge in [-0.2, -0.15) is 0 Å². The van der Waals surface area contributed by atoms with Crippen molar-refractivity contribution in [2.75, 3.05) is 0 Å². The third-order valence-electron chi connectivity index (χ3n) is 3.16. The number of carbonyl (C=O) groups excluding carboxylic acids is 4. The lowest BCUT2D eigenvalue weighted by Gasteiger charge is -2.42. The molecule has 22 heavy (non-hydrogen) atoms. The summed E-state index contributed by atoms with van der Waals surface area (Å²) in [6.07, 6.45) is -4.37. The number of esters is 3. The maximum atomic E-state index is 11.7. The second kappa shape index (κ2) is 7.35. The Morgan fingerprint density at radius 1 is 0.773 bits per heavy atom. The summed E-state index contributed by atoms with van der Waals surface area (Å²) in [7, 11) is 0. The van der Waals surface area contributed by atoms with Gasteiger partial charge >= 0.3 is 17.9 Å². The molecule has 0 aromatic heterocycles. The van der Waals surface area contributed by atoms with Crippen molar-refractivity contribution in [3.63, 3.8) is 0 Å². The standard InChI is InChI=1S/C14H20O8/c1-6-11(7(2)15)22-14(21-10(5)18)13(20-9(4)17)12(6)19-8(3)16/h6,11-14H,1-5H3/t6-,11+,12+,13-,14-/m1/s1. The summed E-state index contributed by atoms with van der Waals surface area (Å²) in [5, 5.41) is 0. The normalized spacial score (nSPS) is 31.0. The molecule has 0 aromatic carbocycles. The Bertz CT molecular complexity index is 455. The Labute approximate surface area is 128 Å². The minimum atomic E-state index is -1.32. The van der Waals surface area contributed by atoms with E-state index >= 15 is 0 Å². The van der Waals surface area contributed by atoms with E-state index < -0.39 is 48.4 Å². The van der Waals surface area contributed by atoms with Gasteiger partial charge in [0, 0.05) is 26.7 Å². The van der Waals surface area contributed by atoms with Crippen molar-refractivity contribution in [2.45, 2.75) is 59.2 Å². The van der Waals surface area contributed by atoms with Crippen LogP contribution in [0.15, 0.2) is 0 Å². The van der Waals surface area contributed by atoms with Crippen molar-refractivity contribution < 1.29 is 38.1 Å². The van der Waals surface area contributed by atoms with Crippen LogP contribution < -0.4 is 0 Å². The van der Waals surface area contributed by atoms with Crippen molar-refractivity contribution in [2.24, 2.45) is 5.92 Å². The molecule has 0 spiro atoms. The van der Waals surface area contributed by atoms with Gasteiger partial charge in [-0.25, -0.2) is 0 Å². The van der Waals surface area contributed by atoms with Gasteiger partial charge < -0.3 is 18.9 Å². The van der Waals surface area contributed by atoms with E-state index in [1.807, 2.05) is 0 Å². The number of rotatable bonds is 4. The summed E-state index contributed by atoms with van der Waals surface area (Å²) in [5.74, 6) is -2.84. The number of ether oxygens (including phenoxy) is 4. The summed E-state index contributed by atoms with van der Waals surface area (Å²) in [6.45, 7) is 6.44. The summed E-state index contributed by atoms with van der Waals surface area (Å²) >= 11 is 0. The Hall–Kier alpha value is -1.96. The molecule has 0 bridgehead atoms.